The maximum atomic E-state index is 11.7. The minimum Gasteiger partial charge on any atom is -0.465 e. The van der Waals surface area contributed by atoms with Crippen molar-refractivity contribution in [3.63, 3.8) is 0 Å². The van der Waals surface area contributed by atoms with Gasteiger partial charge in [-0.15, -0.1) is 5.10 Å². The number of nitrogens with zero attached hydrogens (tertiary/aromatic N) is 6. The van der Waals surface area contributed by atoms with Crippen LogP contribution < -0.4 is 4.90 Å². The van der Waals surface area contributed by atoms with Gasteiger partial charge in [0.2, 0.25) is 0 Å². The monoisotopic (exact) mass is 264 g/mol. The number of ether oxygens (including phenoxy) is 1. The Morgan fingerprint density at radius 2 is 2.26 bits per heavy atom. The molecule has 0 aliphatic rings. The molecular formula is C11H16N6O2. The Morgan fingerprint density at radius 1 is 1.47 bits per heavy atom. The van der Waals surface area contributed by atoms with Crippen molar-refractivity contribution in [1.82, 2.24) is 25.0 Å². The van der Waals surface area contributed by atoms with E-state index >= 15 is 0 Å². The normalized spacial score (nSPS) is 10.9. The average molecular weight is 264 g/mol. The summed E-state index contributed by atoms with van der Waals surface area (Å²) in [5.41, 5.74) is 0.534. The molecule has 19 heavy (non-hydrogen) atoms. The van der Waals surface area contributed by atoms with Gasteiger partial charge in [0.1, 0.15) is 6.54 Å². The highest BCUT2D eigenvalue weighted by molar-refractivity contribution is 5.75. The lowest BCUT2D eigenvalue weighted by Crippen LogP contribution is -2.38. The van der Waals surface area contributed by atoms with Gasteiger partial charge in [0.15, 0.2) is 11.5 Å². The van der Waals surface area contributed by atoms with Gasteiger partial charge in [0.05, 0.1) is 19.0 Å². The number of hydrogen-bond donors (Lipinski definition) is 0. The fourth-order valence-electron chi connectivity index (χ4n) is 1.73. The zero-order valence-corrected chi connectivity index (χ0v) is 11.1. The molecule has 2 heterocycles. The zero-order chi connectivity index (χ0) is 13.8. The number of carbonyl (C=O) groups excluding carboxylic acids is 1. The molecule has 0 aliphatic carbocycles. The standard InChI is InChI=1S/C11H16N6O2/c1-4-19-11(18)7-16(8(2)3)10-6-12-5-9-13-14-15-17(9)10/h5-6,8H,4,7H2,1-3H3. The third-order valence-corrected chi connectivity index (χ3v) is 2.61. The number of esters is 1. The Labute approximate surface area is 110 Å². The zero-order valence-electron chi connectivity index (χ0n) is 11.1. The van der Waals surface area contributed by atoms with Crippen LogP contribution in [0, 0.1) is 0 Å². The molecule has 0 aromatic carbocycles. The maximum Gasteiger partial charge on any atom is 0.325 e. The summed E-state index contributed by atoms with van der Waals surface area (Å²) in [4.78, 5) is 17.6. The fraction of sp³-hybridized carbons (Fsp3) is 0.545. The van der Waals surface area contributed by atoms with Crippen LogP contribution in [0.3, 0.4) is 0 Å². The van der Waals surface area contributed by atoms with E-state index in [9.17, 15) is 4.79 Å². The minimum atomic E-state index is -0.290. The van der Waals surface area contributed by atoms with E-state index in [1.165, 1.54) is 0 Å². The molecule has 102 valence electrons. The summed E-state index contributed by atoms with van der Waals surface area (Å²) in [6.07, 6.45) is 3.19. The Bertz CT molecular complexity index is 567. The van der Waals surface area contributed by atoms with Crippen LogP contribution in [-0.2, 0) is 9.53 Å². The second kappa shape index (κ2) is 5.59. The largest absolute Gasteiger partial charge is 0.465 e. The minimum absolute atomic E-state index is 0.0843. The van der Waals surface area contributed by atoms with Crippen LogP contribution in [0.4, 0.5) is 5.82 Å². The van der Waals surface area contributed by atoms with E-state index in [4.69, 9.17) is 4.74 Å². The average Bonchev–Trinajstić information content (AvgIpc) is 2.84. The molecule has 0 radical (unpaired) electrons. The van der Waals surface area contributed by atoms with Crippen molar-refractivity contribution in [1.29, 1.82) is 0 Å². The Morgan fingerprint density at radius 3 is 2.95 bits per heavy atom. The van der Waals surface area contributed by atoms with Gasteiger partial charge in [-0.2, -0.15) is 4.52 Å². The summed E-state index contributed by atoms with van der Waals surface area (Å²) in [6, 6.07) is 0.0843. The van der Waals surface area contributed by atoms with Gasteiger partial charge in [-0.1, -0.05) is 0 Å². The van der Waals surface area contributed by atoms with Crippen LogP contribution in [0.25, 0.3) is 5.65 Å². The second-order valence-corrected chi connectivity index (χ2v) is 4.24. The van der Waals surface area contributed by atoms with Crippen molar-refractivity contribution in [3.05, 3.63) is 12.4 Å². The van der Waals surface area contributed by atoms with Gasteiger partial charge in [-0.05, 0) is 31.2 Å². The molecule has 0 saturated heterocycles. The van der Waals surface area contributed by atoms with Gasteiger partial charge < -0.3 is 9.64 Å². The predicted molar refractivity (Wildman–Crippen MR) is 67.7 cm³/mol. The fourth-order valence-corrected chi connectivity index (χ4v) is 1.73. The molecule has 8 nitrogen and oxygen atoms in total. The van der Waals surface area contributed by atoms with Gasteiger partial charge >= 0.3 is 5.97 Å². The van der Waals surface area contributed by atoms with Crippen molar-refractivity contribution in [2.75, 3.05) is 18.1 Å². The quantitative estimate of drug-likeness (QED) is 0.718. The van der Waals surface area contributed by atoms with Crippen LogP contribution in [0.2, 0.25) is 0 Å². The van der Waals surface area contributed by atoms with Crippen molar-refractivity contribution in [3.8, 4) is 0 Å². The van der Waals surface area contributed by atoms with E-state index in [-0.39, 0.29) is 18.6 Å². The highest BCUT2D eigenvalue weighted by Crippen LogP contribution is 2.15. The molecule has 0 aliphatic heterocycles. The number of fused-ring (bicyclic) bond motifs is 1. The Kier molecular flexibility index (Phi) is 3.88. The summed E-state index contributed by atoms with van der Waals surface area (Å²) in [7, 11) is 0. The smallest absolute Gasteiger partial charge is 0.325 e. The molecule has 8 heteroatoms. The topological polar surface area (TPSA) is 85.5 Å². The van der Waals surface area contributed by atoms with E-state index < -0.39 is 0 Å². The molecule has 0 atom stereocenters. The summed E-state index contributed by atoms with van der Waals surface area (Å²) in [6.45, 7) is 6.22. The molecule has 0 amide bonds. The first-order valence-corrected chi connectivity index (χ1v) is 6.07. The van der Waals surface area contributed by atoms with Gasteiger partial charge in [-0.3, -0.25) is 9.78 Å². The van der Waals surface area contributed by atoms with E-state index in [2.05, 4.69) is 20.5 Å². The van der Waals surface area contributed by atoms with Crippen molar-refractivity contribution < 1.29 is 9.53 Å². The number of tetrazole rings is 1. The van der Waals surface area contributed by atoms with Crippen LogP contribution in [-0.4, -0.2) is 50.2 Å². The van der Waals surface area contributed by atoms with Crippen LogP contribution in [0.5, 0.6) is 0 Å². The van der Waals surface area contributed by atoms with Crippen molar-refractivity contribution in [2.45, 2.75) is 26.8 Å². The van der Waals surface area contributed by atoms with E-state index in [1.807, 2.05) is 18.7 Å². The predicted octanol–water partition coefficient (Wildman–Crippen LogP) is 0.297. The first-order valence-electron chi connectivity index (χ1n) is 6.07. The second-order valence-electron chi connectivity index (χ2n) is 4.24. The van der Waals surface area contributed by atoms with E-state index in [0.717, 1.165) is 0 Å². The Balaban J connectivity index is 2.33. The van der Waals surface area contributed by atoms with E-state index in [1.54, 1.807) is 23.8 Å². The summed E-state index contributed by atoms with van der Waals surface area (Å²) in [5, 5.41) is 11.3. The van der Waals surface area contributed by atoms with Crippen LogP contribution in [0.15, 0.2) is 12.4 Å². The third-order valence-electron chi connectivity index (χ3n) is 2.61. The van der Waals surface area contributed by atoms with Gasteiger partial charge in [0.25, 0.3) is 0 Å². The molecule has 2 aromatic rings. The molecular weight excluding hydrogens is 248 g/mol. The number of carbonyl (C=O) groups is 1. The van der Waals surface area contributed by atoms with Gasteiger partial charge in [-0.25, -0.2) is 0 Å². The number of anilines is 1. The summed E-state index contributed by atoms with van der Waals surface area (Å²) < 4.78 is 6.52. The molecule has 0 unspecified atom stereocenters. The molecule has 0 spiro atoms. The Hall–Kier alpha value is -2.25. The highest BCUT2D eigenvalue weighted by atomic mass is 16.5. The SMILES string of the molecule is CCOC(=O)CN(c1cncc2nnnn12)C(C)C. The lowest BCUT2D eigenvalue weighted by atomic mass is 10.3. The highest BCUT2D eigenvalue weighted by Gasteiger charge is 2.19. The number of aromatic nitrogens is 5. The molecule has 0 fully saturated rings. The van der Waals surface area contributed by atoms with E-state index in [0.29, 0.717) is 18.1 Å². The number of hydrogen-bond acceptors (Lipinski definition) is 7. The lowest BCUT2D eigenvalue weighted by Gasteiger charge is -2.27. The first-order chi connectivity index (χ1) is 9.13. The van der Waals surface area contributed by atoms with Crippen molar-refractivity contribution >= 4 is 17.4 Å². The van der Waals surface area contributed by atoms with Crippen LogP contribution >= 0.6 is 0 Å². The summed E-state index contributed by atoms with van der Waals surface area (Å²) in [5.74, 6) is 0.367. The molecule has 2 aromatic heterocycles. The molecule has 0 bridgehead atoms. The molecule has 0 saturated carbocycles. The molecule has 0 N–H and O–H groups in total. The van der Waals surface area contributed by atoms with Crippen molar-refractivity contribution in [2.24, 2.45) is 0 Å². The van der Waals surface area contributed by atoms with Crippen LogP contribution in [0.1, 0.15) is 20.8 Å². The number of rotatable bonds is 5. The molecule has 2 rings (SSSR count). The summed E-state index contributed by atoms with van der Waals surface area (Å²) >= 11 is 0. The third kappa shape index (κ3) is 2.78. The maximum absolute atomic E-state index is 11.7. The van der Waals surface area contributed by atoms with Gasteiger partial charge in [0, 0.05) is 6.04 Å². The first kappa shape index (κ1) is 13.2. The lowest BCUT2D eigenvalue weighted by molar-refractivity contribution is -0.141.